The molecule has 0 radical (unpaired) electrons. The first-order valence-corrected chi connectivity index (χ1v) is 28.1. The number of nitrogens with zero attached hydrogens (tertiary/aromatic N) is 9. The Balaban J connectivity index is -0.00000166. The van der Waals surface area contributed by atoms with E-state index in [0.29, 0.717) is 12.1 Å². The monoisotopic (exact) mass is 1400 g/mol. The summed E-state index contributed by atoms with van der Waals surface area (Å²) in [7, 11) is -30.7. The van der Waals surface area contributed by atoms with Crippen LogP contribution in [0.15, 0.2) is 151 Å². The maximum absolute atomic E-state index is 12.6. The molecule has 49 heteroatoms. The van der Waals surface area contributed by atoms with Gasteiger partial charge in [0.2, 0.25) is 0 Å². The summed E-state index contributed by atoms with van der Waals surface area (Å²) in [5.41, 5.74) is 1.47. The van der Waals surface area contributed by atoms with Gasteiger partial charge in [-0.15, -0.1) is 66.3 Å². The first kappa shape index (κ1) is 91.2. The van der Waals surface area contributed by atoms with Crippen molar-refractivity contribution in [3.8, 4) is 11.5 Å². The van der Waals surface area contributed by atoms with E-state index in [9.17, 15) is 72.2 Å². The number of hydrogen-bond donors (Lipinski definition) is 3. The molecule has 4 N–H and O–H groups in total. The third-order valence-electron chi connectivity index (χ3n) is 9.10. The second-order valence-corrected chi connectivity index (χ2v) is 20.6. The maximum Gasteiger partial charge on any atom is 1.00 e. The Bertz CT molecular complexity index is 4580. The van der Waals surface area contributed by atoms with E-state index in [4.69, 9.17) is 43.6 Å². The number of rotatable bonds is 13. The van der Waals surface area contributed by atoms with Crippen LogP contribution in [0.25, 0.3) is 21.5 Å². The predicted molar refractivity (Wildman–Crippen MR) is 256 cm³/mol. The van der Waals surface area contributed by atoms with Crippen molar-refractivity contribution in [1.29, 1.82) is 0 Å². The molecule has 0 atom stereocenters. The SMILES string of the molecule is Nc1c(N=Nc2ccc(N=Nc3c[c-]ccc3S(=O)(=O)[O-])c3c[c-]c(N=Nc4cccc(S(=O)(=O)[O-])c4)c(O)c23)cc(S(=O)(=O)[O-])c2cc(S(=O)(=O)[O-])c(N=Nc3[c-]cc([N+](=O)[O-])cc3)c(O)c12.O=S(=O)=O.O=S(=O)=O.O=S(=O)=O.[Na+].[Na+].[Na+].[Na+].[Na+].[Na+].[Na+]. The third kappa shape index (κ3) is 27.5. The number of benzene rings is 7. The molecule has 87 heavy (non-hydrogen) atoms. The van der Waals surface area contributed by atoms with Gasteiger partial charge in [-0.05, 0) is 58.7 Å². The van der Waals surface area contributed by atoms with Gasteiger partial charge in [0.1, 0.15) is 51.8 Å². The molecule has 0 fully saturated rings. The Morgan fingerprint density at radius 2 is 1.00 bits per heavy atom. The molecule has 0 bridgehead atoms. The first-order chi connectivity index (χ1) is 37.0. The van der Waals surface area contributed by atoms with Gasteiger partial charge in [0.05, 0.1) is 37.1 Å². The molecular formula is C38H19N10Na7O25S7. The fourth-order valence-electron chi connectivity index (χ4n) is 6.06. The summed E-state index contributed by atoms with van der Waals surface area (Å²) in [5.74, 6) is -2.12. The zero-order chi connectivity index (χ0) is 60.2. The summed E-state index contributed by atoms with van der Waals surface area (Å²) in [6.07, 6.45) is 0. The predicted octanol–water partition coefficient (Wildman–Crippen LogP) is -16.4. The number of aromatic hydroxyl groups is 2. The molecule has 0 heterocycles. The Labute approximate surface area is 649 Å². The van der Waals surface area contributed by atoms with Crippen LogP contribution in [0.4, 0.5) is 56.9 Å². The van der Waals surface area contributed by atoms with Crippen molar-refractivity contribution >= 4 is 151 Å². The molecule has 0 aliphatic carbocycles. The third-order valence-corrected chi connectivity index (χ3v) is 12.5. The van der Waals surface area contributed by atoms with Gasteiger partial charge in [-0.1, -0.05) is 29.0 Å². The number of nitro benzene ring substituents is 1. The number of hydrogen-bond acceptors (Lipinski definition) is 34. The molecule has 7 rings (SSSR count). The first-order valence-electron chi connectivity index (χ1n) is 19.4. The molecule has 7 aromatic carbocycles. The van der Waals surface area contributed by atoms with E-state index in [1.807, 2.05) is 0 Å². The summed E-state index contributed by atoms with van der Waals surface area (Å²) in [6, 6.07) is 22.2. The van der Waals surface area contributed by atoms with E-state index in [0.717, 1.165) is 60.7 Å². The van der Waals surface area contributed by atoms with E-state index in [2.05, 4.69) is 59.1 Å². The van der Waals surface area contributed by atoms with Crippen molar-refractivity contribution < 1.29 is 312 Å². The van der Waals surface area contributed by atoms with Gasteiger partial charge in [-0.25, -0.2) is 38.8 Å². The molecule has 0 unspecified atom stereocenters. The van der Waals surface area contributed by atoms with Gasteiger partial charge >= 0.3 is 239 Å². The van der Waals surface area contributed by atoms with E-state index in [1.165, 1.54) is 18.2 Å². The zero-order valence-electron chi connectivity index (χ0n) is 44.9. The van der Waals surface area contributed by atoms with Gasteiger partial charge in [0, 0.05) is 27.4 Å². The van der Waals surface area contributed by atoms with Crippen LogP contribution in [0, 0.1) is 28.3 Å². The van der Waals surface area contributed by atoms with Crippen LogP contribution in [0.1, 0.15) is 0 Å². The average Bonchev–Trinajstić information content (AvgIpc) is 3.33. The maximum atomic E-state index is 12.6. The molecule has 7 aromatic rings. The molecule has 0 aromatic heterocycles. The van der Waals surface area contributed by atoms with E-state index in [-0.39, 0.29) is 240 Å². The number of non-ortho nitro benzene ring substituents is 1. The van der Waals surface area contributed by atoms with Crippen LogP contribution < -0.4 is 213 Å². The van der Waals surface area contributed by atoms with E-state index >= 15 is 0 Å². The van der Waals surface area contributed by atoms with Crippen LogP contribution in [0.3, 0.4) is 0 Å². The van der Waals surface area contributed by atoms with Crippen LogP contribution in [-0.2, 0) is 72.3 Å². The number of fused-ring (bicyclic) bond motifs is 2. The Morgan fingerprint density at radius 3 is 1.51 bits per heavy atom. The molecule has 0 aliphatic rings. The largest absolute Gasteiger partial charge is 1.00 e. The van der Waals surface area contributed by atoms with Crippen LogP contribution >= 0.6 is 0 Å². The fourth-order valence-corrected chi connectivity index (χ4v) is 8.48. The van der Waals surface area contributed by atoms with Gasteiger partial charge < -0.3 is 34.2 Å². The van der Waals surface area contributed by atoms with Crippen molar-refractivity contribution in [2.75, 3.05) is 5.73 Å². The molecule has 0 saturated heterocycles. The van der Waals surface area contributed by atoms with Crippen LogP contribution in [0.5, 0.6) is 11.5 Å². The molecule has 0 spiro atoms. The normalized spacial score (nSPS) is 10.9. The molecule has 35 nitrogen and oxygen atoms in total. The number of phenolic OH excluding ortho intramolecular Hbond substituents is 2. The smallest absolute Gasteiger partial charge is 0.746 e. The number of nitro groups is 1. The summed E-state index contributed by atoms with van der Waals surface area (Å²) in [4.78, 5) is 6.19. The number of anilines is 1. The molecule has 0 saturated carbocycles. The molecule has 0 amide bonds. The van der Waals surface area contributed by atoms with E-state index in [1.54, 1.807) is 0 Å². The second kappa shape index (κ2) is 40.0. The number of azo groups is 4. The standard InChI is InChI=1S/C38H23N10O16S4.7Na.3O3S/c39-35-29(18-31(67(59,60)61)24-17-32(68(62,63)64)36(38(50)34(24)35)47-40-19-8-10-21(11-9-19)48(51)52)46-44-27-15-14-25(42-43-26-6-1-2-7-30(26)66(56,57)58)23-12-13-28(37(49)33(23)27)45-41-20-4-3-5-22(16-20)65(53,54)55;;;;;;;;3*1-4(2)3/h2-8,10-12,14-18,49-50H,39H2,(H,53,54,55)(H,56,57,58)(H,59,60,61)(H,62,63,64);;;;;;;;;;/q-3;7*+1;;;/p-4. The summed E-state index contributed by atoms with van der Waals surface area (Å²) in [6.45, 7) is 0. The molecule has 0 aliphatic heterocycles. The minimum absolute atomic E-state index is 0. The van der Waals surface area contributed by atoms with Gasteiger partial charge in [-0.2, -0.15) is 55.9 Å². The second-order valence-electron chi connectivity index (χ2n) is 14.0. The summed E-state index contributed by atoms with van der Waals surface area (Å²) < 4.78 is 221. The Morgan fingerprint density at radius 1 is 0.483 bits per heavy atom. The molecule has 420 valence electrons. The van der Waals surface area contributed by atoms with Crippen molar-refractivity contribution in [2.24, 2.45) is 40.9 Å². The van der Waals surface area contributed by atoms with Crippen molar-refractivity contribution in [1.82, 2.24) is 0 Å². The summed E-state index contributed by atoms with van der Waals surface area (Å²) >= 11 is 0. The number of nitrogen functional groups attached to an aromatic ring is 1. The van der Waals surface area contributed by atoms with Crippen molar-refractivity contribution in [2.45, 2.75) is 19.6 Å². The number of nitrogens with two attached hydrogens (primary N) is 1. The van der Waals surface area contributed by atoms with Gasteiger partial charge in [0.15, 0.2) is 11.4 Å². The number of phenols is 2. The Hall–Kier alpha value is -2.24. The fraction of sp³-hybridized carbons (Fsp3) is 0. The summed E-state index contributed by atoms with van der Waals surface area (Å²) in [5, 5.41) is 62.7. The van der Waals surface area contributed by atoms with Gasteiger partial charge in [-0.3, -0.25) is 10.1 Å². The molecular weight excluding hydrogens is 1380 g/mol. The zero-order valence-corrected chi connectivity index (χ0v) is 64.6. The Kier molecular flexibility index (Phi) is 41.9. The van der Waals surface area contributed by atoms with Crippen molar-refractivity contribution in [3.05, 3.63) is 119 Å². The van der Waals surface area contributed by atoms with Crippen LogP contribution in [-0.4, -0.2) is 105 Å². The van der Waals surface area contributed by atoms with Crippen molar-refractivity contribution in [3.63, 3.8) is 0 Å². The quantitative estimate of drug-likeness (QED) is 0.0184. The minimum Gasteiger partial charge on any atom is -0.746 e. The minimum atomic E-state index is -5.67. The van der Waals surface area contributed by atoms with Crippen LogP contribution in [0.2, 0.25) is 0 Å². The average molecular weight is 1400 g/mol. The van der Waals surface area contributed by atoms with E-state index < -0.39 is 153 Å². The topological polar surface area (TPSA) is 591 Å². The van der Waals surface area contributed by atoms with Gasteiger partial charge in [0.25, 0.3) is 0 Å².